The molecule has 9 nitrogen and oxygen atoms in total. The molecule has 3 amide bonds. The van der Waals surface area contributed by atoms with Gasteiger partial charge in [-0.1, -0.05) is 0 Å². The molecule has 9 heteroatoms. The van der Waals surface area contributed by atoms with Crippen molar-refractivity contribution in [3.63, 3.8) is 0 Å². The van der Waals surface area contributed by atoms with E-state index in [0.717, 1.165) is 0 Å². The van der Waals surface area contributed by atoms with Gasteiger partial charge in [-0.25, -0.2) is 0 Å². The molecule has 1 saturated heterocycles. The molecule has 0 unspecified atom stereocenters. The Labute approximate surface area is 139 Å². The Morgan fingerprint density at radius 3 is 2.50 bits per heavy atom. The first kappa shape index (κ1) is 18.0. The summed E-state index contributed by atoms with van der Waals surface area (Å²) < 4.78 is 10.1. The molecular formula is C15H21N3O6. The van der Waals surface area contributed by atoms with E-state index in [-0.39, 0.29) is 38.0 Å². The number of nitrogens with one attached hydrogen (secondary N) is 1. The molecule has 0 spiro atoms. The predicted molar refractivity (Wildman–Crippen MR) is 82.1 cm³/mol. The van der Waals surface area contributed by atoms with Gasteiger partial charge in [-0.15, -0.1) is 0 Å². The van der Waals surface area contributed by atoms with E-state index >= 15 is 0 Å². The first-order valence-electron chi connectivity index (χ1n) is 7.72. The lowest BCUT2D eigenvalue weighted by molar-refractivity contribution is -0.146. The number of piperazine rings is 1. The molecule has 2 rings (SSSR count). The van der Waals surface area contributed by atoms with Gasteiger partial charge in [0.25, 0.3) is 5.91 Å². The van der Waals surface area contributed by atoms with E-state index < -0.39 is 11.8 Å². The van der Waals surface area contributed by atoms with Crippen LogP contribution in [0.2, 0.25) is 0 Å². The Kier molecular flexibility index (Phi) is 6.76. The fourth-order valence-electron chi connectivity index (χ4n) is 2.29. The number of hydrogen-bond donors (Lipinski definition) is 2. The number of carbonyl (C=O) groups is 3. The summed E-state index contributed by atoms with van der Waals surface area (Å²) in [5.41, 5.74) is 0. The van der Waals surface area contributed by atoms with Gasteiger partial charge in [0.05, 0.1) is 26.1 Å². The third-order valence-electron chi connectivity index (χ3n) is 3.55. The fraction of sp³-hybridized carbons (Fsp3) is 0.533. The Morgan fingerprint density at radius 2 is 1.88 bits per heavy atom. The molecule has 0 aromatic carbocycles. The highest BCUT2D eigenvalue weighted by atomic mass is 16.5. The van der Waals surface area contributed by atoms with Crippen LogP contribution in [0.5, 0.6) is 0 Å². The minimum absolute atomic E-state index is 0.0894. The summed E-state index contributed by atoms with van der Waals surface area (Å²) in [4.78, 5) is 38.9. The van der Waals surface area contributed by atoms with Gasteiger partial charge in [0, 0.05) is 32.7 Å². The smallest absolute Gasteiger partial charge is 0.312 e. The number of amides is 3. The molecule has 2 N–H and O–H groups in total. The van der Waals surface area contributed by atoms with Crippen molar-refractivity contribution < 1.29 is 28.6 Å². The third kappa shape index (κ3) is 4.80. The number of hydrogen-bond acceptors (Lipinski definition) is 6. The predicted octanol–water partition coefficient (Wildman–Crippen LogP) is -1.31. The molecule has 0 saturated carbocycles. The van der Waals surface area contributed by atoms with Gasteiger partial charge in [-0.2, -0.15) is 0 Å². The van der Waals surface area contributed by atoms with Crippen molar-refractivity contribution in [3.05, 3.63) is 24.2 Å². The zero-order chi connectivity index (χ0) is 17.4. The number of carbonyl (C=O) groups excluding carboxylic acids is 3. The molecule has 1 aliphatic heterocycles. The van der Waals surface area contributed by atoms with Gasteiger partial charge in [-0.3, -0.25) is 14.4 Å². The van der Waals surface area contributed by atoms with Crippen LogP contribution in [-0.4, -0.2) is 85.2 Å². The zero-order valence-corrected chi connectivity index (χ0v) is 13.3. The average Bonchev–Trinajstić information content (AvgIpc) is 3.15. The monoisotopic (exact) mass is 339 g/mol. The maximum atomic E-state index is 12.1. The van der Waals surface area contributed by atoms with Gasteiger partial charge >= 0.3 is 11.8 Å². The van der Waals surface area contributed by atoms with Crippen molar-refractivity contribution in [3.8, 4) is 0 Å². The van der Waals surface area contributed by atoms with Crippen LogP contribution >= 0.6 is 0 Å². The summed E-state index contributed by atoms with van der Waals surface area (Å²) >= 11 is 0. The SMILES string of the molecule is O=C(NCCOCCO)C(=O)N1CCN(C(=O)c2ccco2)CC1. The Balaban J connectivity index is 1.72. The quantitative estimate of drug-likeness (QED) is 0.492. The van der Waals surface area contributed by atoms with E-state index in [4.69, 9.17) is 14.3 Å². The number of ether oxygens (including phenoxy) is 1. The normalized spacial score (nSPS) is 14.5. The van der Waals surface area contributed by atoms with Gasteiger partial charge in [0.1, 0.15) is 0 Å². The van der Waals surface area contributed by atoms with Gasteiger partial charge < -0.3 is 29.4 Å². The number of furan rings is 1. The molecule has 1 aromatic heterocycles. The minimum atomic E-state index is -0.701. The topological polar surface area (TPSA) is 112 Å². The van der Waals surface area contributed by atoms with Crippen LogP contribution in [0.25, 0.3) is 0 Å². The highest BCUT2D eigenvalue weighted by molar-refractivity contribution is 6.35. The van der Waals surface area contributed by atoms with Crippen LogP contribution in [0.4, 0.5) is 0 Å². The standard InChI is InChI=1S/C15H21N3O6/c19-8-11-23-10-3-16-13(20)15(22)18-6-4-17(5-7-18)14(21)12-2-1-9-24-12/h1-2,9,19H,3-8,10-11H2,(H,16,20). The summed E-state index contributed by atoms with van der Waals surface area (Å²) in [6.07, 6.45) is 1.43. The molecule has 132 valence electrons. The molecule has 2 heterocycles. The second-order valence-electron chi connectivity index (χ2n) is 5.15. The number of nitrogens with zero attached hydrogens (tertiary/aromatic N) is 2. The van der Waals surface area contributed by atoms with Crippen LogP contribution in [0.3, 0.4) is 0 Å². The molecule has 0 atom stereocenters. The molecule has 0 radical (unpaired) electrons. The lowest BCUT2D eigenvalue weighted by Crippen LogP contribution is -2.54. The number of aliphatic hydroxyl groups excluding tert-OH is 1. The van der Waals surface area contributed by atoms with Crippen molar-refractivity contribution in [1.82, 2.24) is 15.1 Å². The molecule has 1 aliphatic rings. The number of aliphatic hydroxyl groups is 1. The van der Waals surface area contributed by atoms with Crippen molar-refractivity contribution in [2.24, 2.45) is 0 Å². The summed E-state index contributed by atoms with van der Waals surface area (Å²) in [6, 6.07) is 3.23. The summed E-state index contributed by atoms with van der Waals surface area (Å²) in [6.45, 7) is 1.80. The van der Waals surface area contributed by atoms with Crippen molar-refractivity contribution >= 4 is 17.7 Å². The second kappa shape index (κ2) is 9.04. The second-order valence-corrected chi connectivity index (χ2v) is 5.15. The van der Waals surface area contributed by atoms with Crippen LogP contribution in [0, 0.1) is 0 Å². The zero-order valence-electron chi connectivity index (χ0n) is 13.3. The van der Waals surface area contributed by atoms with Gasteiger partial charge in [-0.05, 0) is 12.1 Å². The Bertz CT molecular complexity index is 552. The molecular weight excluding hydrogens is 318 g/mol. The summed E-state index contributed by atoms with van der Waals surface area (Å²) in [5.74, 6) is -1.29. The van der Waals surface area contributed by atoms with E-state index in [1.54, 1.807) is 17.0 Å². The van der Waals surface area contributed by atoms with E-state index in [2.05, 4.69) is 5.32 Å². The highest BCUT2D eigenvalue weighted by Gasteiger charge is 2.28. The molecule has 0 aliphatic carbocycles. The van der Waals surface area contributed by atoms with Crippen LogP contribution in [0.1, 0.15) is 10.6 Å². The Hall–Kier alpha value is -2.39. The fourth-order valence-corrected chi connectivity index (χ4v) is 2.29. The van der Waals surface area contributed by atoms with Crippen LogP contribution < -0.4 is 5.32 Å². The average molecular weight is 339 g/mol. The molecule has 1 aromatic rings. The van der Waals surface area contributed by atoms with Crippen molar-refractivity contribution in [2.45, 2.75) is 0 Å². The minimum Gasteiger partial charge on any atom is -0.459 e. The lowest BCUT2D eigenvalue weighted by atomic mass is 10.2. The van der Waals surface area contributed by atoms with E-state index in [0.29, 0.717) is 26.2 Å². The van der Waals surface area contributed by atoms with Crippen LogP contribution in [-0.2, 0) is 14.3 Å². The van der Waals surface area contributed by atoms with Crippen molar-refractivity contribution in [1.29, 1.82) is 0 Å². The maximum absolute atomic E-state index is 12.1. The molecule has 1 fully saturated rings. The van der Waals surface area contributed by atoms with E-state index in [9.17, 15) is 14.4 Å². The highest BCUT2D eigenvalue weighted by Crippen LogP contribution is 2.09. The largest absolute Gasteiger partial charge is 0.459 e. The van der Waals surface area contributed by atoms with Gasteiger partial charge in [0.15, 0.2) is 5.76 Å². The third-order valence-corrected chi connectivity index (χ3v) is 3.55. The lowest BCUT2D eigenvalue weighted by Gasteiger charge is -2.33. The van der Waals surface area contributed by atoms with Crippen LogP contribution in [0.15, 0.2) is 22.8 Å². The summed E-state index contributed by atoms with van der Waals surface area (Å²) in [5, 5.41) is 11.0. The first-order chi connectivity index (χ1) is 11.6. The van der Waals surface area contributed by atoms with Gasteiger partial charge in [0.2, 0.25) is 0 Å². The number of rotatable bonds is 6. The van der Waals surface area contributed by atoms with Crippen molar-refractivity contribution in [2.75, 3.05) is 52.5 Å². The van der Waals surface area contributed by atoms with E-state index in [1.807, 2.05) is 0 Å². The first-order valence-corrected chi connectivity index (χ1v) is 7.72. The van der Waals surface area contributed by atoms with E-state index in [1.165, 1.54) is 11.2 Å². The molecule has 0 bridgehead atoms. The Morgan fingerprint density at radius 1 is 1.17 bits per heavy atom. The molecule has 24 heavy (non-hydrogen) atoms. The summed E-state index contributed by atoms with van der Waals surface area (Å²) in [7, 11) is 0. The maximum Gasteiger partial charge on any atom is 0.312 e.